The predicted molar refractivity (Wildman–Crippen MR) is 78.8 cm³/mol. The van der Waals surface area contributed by atoms with Crippen LogP contribution in [0.15, 0.2) is 23.2 Å². The number of ether oxygens (including phenoxy) is 2. The van der Waals surface area contributed by atoms with Crippen LogP contribution in [0.1, 0.15) is 32.1 Å². The Labute approximate surface area is 129 Å². The van der Waals surface area contributed by atoms with Crippen molar-refractivity contribution in [3.05, 3.63) is 23.2 Å². The number of allylic oxidation sites excluding steroid dienone is 2. The molecular formula is C16H21NO5. The number of methoxy groups -OCH3 is 2. The van der Waals surface area contributed by atoms with E-state index >= 15 is 0 Å². The smallest absolute Gasteiger partial charge is 0.227 e. The molecule has 2 rings (SSSR count). The van der Waals surface area contributed by atoms with Crippen LogP contribution in [0.4, 0.5) is 0 Å². The minimum absolute atomic E-state index is 0.0290. The molecule has 0 N–H and O–H groups in total. The van der Waals surface area contributed by atoms with E-state index in [0.29, 0.717) is 5.57 Å². The first-order valence-corrected chi connectivity index (χ1v) is 7.48. The number of nitrogens with zero attached hydrogens (tertiary/aromatic N) is 1. The molecule has 1 fully saturated rings. The first-order chi connectivity index (χ1) is 10.6. The van der Waals surface area contributed by atoms with E-state index < -0.39 is 5.78 Å². The van der Waals surface area contributed by atoms with Gasteiger partial charge in [-0.05, 0) is 31.8 Å². The molecule has 0 radical (unpaired) electrons. The molecule has 0 aromatic rings. The Morgan fingerprint density at radius 3 is 2.32 bits per heavy atom. The van der Waals surface area contributed by atoms with Crippen LogP contribution < -0.4 is 0 Å². The quantitative estimate of drug-likeness (QED) is 0.717. The van der Waals surface area contributed by atoms with E-state index in [1.54, 1.807) is 0 Å². The van der Waals surface area contributed by atoms with E-state index in [0.717, 1.165) is 32.4 Å². The third-order valence-electron chi connectivity index (χ3n) is 3.96. The van der Waals surface area contributed by atoms with Crippen molar-refractivity contribution in [1.29, 1.82) is 0 Å². The number of rotatable bonds is 5. The summed E-state index contributed by atoms with van der Waals surface area (Å²) in [6.07, 6.45) is 4.92. The molecule has 0 saturated carbocycles. The van der Waals surface area contributed by atoms with Gasteiger partial charge in [-0.25, -0.2) is 0 Å². The van der Waals surface area contributed by atoms with Crippen LogP contribution in [0.3, 0.4) is 0 Å². The Balaban J connectivity index is 2.00. The zero-order valence-corrected chi connectivity index (χ0v) is 13.0. The lowest BCUT2D eigenvalue weighted by Crippen LogP contribution is -2.35. The Bertz CT molecular complexity index is 541. The average Bonchev–Trinajstić information content (AvgIpc) is 2.55. The van der Waals surface area contributed by atoms with Crippen LogP contribution in [-0.4, -0.2) is 49.7 Å². The molecule has 6 heteroatoms. The van der Waals surface area contributed by atoms with Crippen molar-refractivity contribution in [2.75, 3.05) is 27.3 Å². The van der Waals surface area contributed by atoms with Crippen molar-refractivity contribution >= 4 is 17.5 Å². The fourth-order valence-corrected chi connectivity index (χ4v) is 2.76. The molecule has 1 amide bonds. The molecule has 0 bridgehead atoms. The molecule has 0 aromatic heterocycles. The van der Waals surface area contributed by atoms with Crippen molar-refractivity contribution in [3.63, 3.8) is 0 Å². The second-order valence-electron chi connectivity index (χ2n) is 5.37. The van der Waals surface area contributed by atoms with Gasteiger partial charge in [-0.15, -0.1) is 0 Å². The number of likely N-dealkylation sites (tertiary alicyclic amines) is 1. The van der Waals surface area contributed by atoms with Crippen molar-refractivity contribution in [2.24, 2.45) is 0 Å². The molecule has 0 atom stereocenters. The van der Waals surface area contributed by atoms with Crippen LogP contribution in [0, 0.1) is 0 Å². The van der Waals surface area contributed by atoms with Crippen LogP contribution in [0.5, 0.6) is 0 Å². The summed E-state index contributed by atoms with van der Waals surface area (Å²) < 4.78 is 9.89. The van der Waals surface area contributed by atoms with Crippen molar-refractivity contribution in [1.82, 2.24) is 4.90 Å². The van der Waals surface area contributed by atoms with Gasteiger partial charge in [-0.2, -0.15) is 0 Å². The van der Waals surface area contributed by atoms with E-state index in [4.69, 9.17) is 9.47 Å². The summed E-state index contributed by atoms with van der Waals surface area (Å²) in [4.78, 5) is 38.1. The van der Waals surface area contributed by atoms with Gasteiger partial charge < -0.3 is 14.4 Å². The number of carbonyl (C=O) groups is 3. The summed E-state index contributed by atoms with van der Waals surface area (Å²) in [6, 6.07) is 0. The van der Waals surface area contributed by atoms with Crippen LogP contribution in [0.25, 0.3) is 0 Å². The number of hydrogen-bond acceptors (Lipinski definition) is 5. The molecule has 0 spiro atoms. The van der Waals surface area contributed by atoms with Crippen molar-refractivity contribution in [2.45, 2.75) is 32.1 Å². The molecule has 0 unspecified atom stereocenters. The molecular weight excluding hydrogens is 286 g/mol. The van der Waals surface area contributed by atoms with Gasteiger partial charge in [-0.1, -0.05) is 0 Å². The van der Waals surface area contributed by atoms with Crippen molar-refractivity contribution in [3.8, 4) is 0 Å². The molecule has 1 aliphatic carbocycles. The Kier molecular flexibility index (Phi) is 5.35. The van der Waals surface area contributed by atoms with E-state index in [-0.39, 0.29) is 36.1 Å². The Morgan fingerprint density at radius 2 is 1.73 bits per heavy atom. The van der Waals surface area contributed by atoms with Gasteiger partial charge in [0.15, 0.2) is 0 Å². The number of piperidine rings is 1. The fourth-order valence-electron chi connectivity index (χ4n) is 2.76. The molecule has 120 valence electrons. The third-order valence-corrected chi connectivity index (χ3v) is 3.96. The fraction of sp³-hybridized carbons (Fsp3) is 0.562. The second kappa shape index (κ2) is 7.24. The summed E-state index contributed by atoms with van der Waals surface area (Å²) >= 11 is 0. The number of ketones is 2. The standard InChI is InChI=1S/C16H21NO5/c1-21-15-12(18)10-11(14(20)16(15)22-2)6-7-13(19)17-8-4-3-5-9-17/h10H,3-9H2,1-2H3. The molecule has 22 heavy (non-hydrogen) atoms. The molecule has 1 heterocycles. The van der Waals surface area contributed by atoms with Crippen LogP contribution >= 0.6 is 0 Å². The summed E-state index contributed by atoms with van der Waals surface area (Å²) in [7, 11) is 2.64. The molecule has 6 nitrogen and oxygen atoms in total. The van der Waals surface area contributed by atoms with Gasteiger partial charge in [-0.3, -0.25) is 14.4 Å². The number of Topliss-reactive ketones (excluding diaryl/α,β-unsaturated/α-hetero) is 1. The zero-order chi connectivity index (χ0) is 16.1. The maximum Gasteiger partial charge on any atom is 0.227 e. The highest BCUT2D eigenvalue weighted by atomic mass is 16.5. The first-order valence-electron chi connectivity index (χ1n) is 7.48. The number of carbonyl (C=O) groups excluding carboxylic acids is 3. The molecule has 1 saturated heterocycles. The van der Waals surface area contributed by atoms with E-state index in [1.165, 1.54) is 20.3 Å². The average molecular weight is 307 g/mol. The zero-order valence-electron chi connectivity index (χ0n) is 13.0. The minimum atomic E-state index is -0.403. The normalized spacial score (nSPS) is 19.2. The maximum atomic E-state index is 12.3. The lowest BCUT2D eigenvalue weighted by Gasteiger charge is -2.27. The van der Waals surface area contributed by atoms with Crippen LogP contribution in [0.2, 0.25) is 0 Å². The largest absolute Gasteiger partial charge is 0.490 e. The lowest BCUT2D eigenvalue weighted by atomic mass is 9.96. The van der Waals surface area contributed by atoms with Gasteiger partial charge in [0.05, 0.1) is 14.2 Å². The van der Waals surface area contributed by atoms with E-state index in [9.17, 15) is 14.4 Å². The third kappa shape index (κ3) is 3.37. The van der Waals surface area contributed by atoms with Gasteiger partial charge in [0, 0.05) is 25.1 Å². The number of amides is 1. The minimum Gasteiger partial charge on any atom is -0.490 e. The van der Waals surface area contributed by atoms with Gasteiger partial charge in [0.1, 0.15) is 0 Å². The van der Waals surface area contributed by atoms with Gasteiger partial charge in [0.25, 0.3) is 0 Å². The topological polar surface area (TPSA) is 72.9 Å². The summed E-state index contributed by atoms with van der Waals surface area (Å²) in [5.74, 6) is -0.930. The first kappa shape index (κ1) is 16.3. The lowest BCUT2D eigenvalue weighted by molar-refractivity contribution is -0.132. The second-order valence-corrected chi connectivity index (χ2v) is 5.37. The maximum absolute atomic E-state index is 12.3. The highest BCUT2D eigenvalue weighted by molar-refractivity contribution is 6.21. The highest BCUT2D eigenvalue weighted by Crippen LogP contribution is 2.24. The van der Waals surface area contributed by atoms with Crippen LogP contribution in [-0.2, 0) is 23.9 Å². The molecule has 1 aliphatic heterocycles. The summed E-state index contributed by atoms with van der Waals surface area (Å²) in [5, 5.41) is 0. The summed E-state index contributed by atoms with van der Waals surface area (Å²) in [5.41, 5.74) is 0.299. The molecule has 2 aliphatic rings. The van der Waals surface area contributed by atoms with E-state index in [1.807, 2.05) is 4.90 Å². The summed E-state index contributed by atoms with van der Waals surface area (Å²) in [6.45, 7) is 1.56. The highest BCUT2D eigenvalue weighted by Gasteiger charge is 2.31. The monoisotopic (exact) mass is 307 g/mol. The van der Waals surface area contributed by atoms with E-state index in [2.05, 4.69) is 0 Å². The Hall–Kier alpha value is -2.11. The SMILES string of the molecule is COC1=C(OC)C(=O)C(CCC(=O)N2CCCCC2)=CC1=O. The Morgan fingerprint density at radius 1 is 1.09 bits per heavy atom. The predicted octanol–water partition coefficient (Wildman–Crippen LogP) is 1.36. The number of hydrogen-bond donors (Lipinski definition) is 0. The van der Waals surface area contributed by atoms with Gasteiger partial charge >= 0.3 is 0 Å². The molecule has 0 aromatic carbocycles. The van der Waals surface area contributed by atoms with Crippen molar-refractivity contribution < 1.29 is 23.9 Å². The van der Waals surface area contributed by atoms with Gasteiger partial charge in [0.2, 0.25) is 29.0 Å².